The number of rotatable bonds is 7. The van der Waals surface area contributed by atoms with E-state index in [4.69, 9.17) is 9.97 Å². The third-order valence-electron chi connectivity index (χ3n) is 12.9. The number of halogens is 3. The van der Waals surface area contributed by atoms with Gasteiger partial charge in [0, 0.05) is 61.8 Å². The number of benzene rings is 8. The van der Waals surface area contributed by atoms with Crippen LogP contribution >= 0.6 is 0 Å². The van der Waals surface area contributed by atoms with Crippen molar-refractivity contribution in [3.63, 3.8) is 0 Å². The summed E-state index contributed by atoms with van der Waals surface area (Å²) in [6.45, 7) is 0. The van der Waals surface area contributed by atoms with E-state index in [-0.39, 0.29) is 5.69 Å². The zero-order valence-corrected chi connectivity index (χ0v) is 36.2. The molecule has 0 N–H and O–H groups in total. The number of hydrogen-bond acceptors (Lipinski definition) is 3. The van der Waals surface area contributed by atoms with Crippen LogP contribution in [0.1, 0.15) is 11.1 Å². The maximum Gasteiger partial charge on any atom is 0.418 e. The van der Waals surface area contributed by atoms with Gasteiger partial charge in [-0.1, -0.05) is 146 Å². The van der Waals surface area contributed by atoms with Gasteiger partial charge in [0.1, 0.15) is 0 Å². The van der Waals surface area contributed by atoms with Gasteiger partial charge in [-0.2, -0.15) is 18.4 Å². The highest BCUT2D eigenvalue weighted by Gasteiger charge is 2.37. The molecule has 322 valence electrons. The van der Waals surface area contributed by atoms with Crippen molar-refractivity contribution in [2.75, 3.05) is 0 Å². The SMILES string of the molecule is N#Cc1cccc(-c2cc(-n3c4ccccc4c4ccc(-c5ccc(-c6ccccc6)nc5)cc43)c(C(F)(F)F)cc2-n2c3ccccc3c3ccc(-c4ccc(-c5ccccc5)nc4)cc32)c1. The second-order valence-electron chi connectivity index (χ2n) is 16.8. The van der Waals surface area contributed by atoms with E-state index >= 15 is 13.2 Å². The van der Waals surface area contributed by atoms with Crippen LogP contribution in [0.15, 0.2) is 219 Å². The van der Waals surface area contributed by atoms with E-state index < -0.39 is 11.7 Å². The second-order valence-corrected chi connectivity index (χ2v) is 16.8. The molecule has 0 saturated carbocycles. The highest BCUT2D eigenvalue weighted by Crippen LogP contribution is 2.46. The van der Waals surface area contributed by atoms with Gasteiger partial charge in [-0.05, 0) is 77.4 Å². The van der Waals surface area contributed by atoms with E-state index in [1.54, 1.807) is 35.0 Å². The van der Waals surface area contributed by atoms with Crippen molar-refractivity contribution in [3.8, 4) is 73.3 Å². The average Bonchev–Trinajstić information content (AvgIpc) is 3.90. The van der Waals surface area contributed by atoms with Crippen molar-refractivity contribution < 1.29 is 13.2 Å². The minimum atomic E-state index is -4.79. The van der Waals surface area contributed by atoms with E-state index in [1.165, 1.54) is 6.07 Å². The third-order valence-corrected chi connectivity index (χ3v) is 12.9. The normalized spacial score (nSPS) is 11.7. The number of para-hydroxylation sites is 2. The lowest BCUT2D eigenvalue weighted by molar-refractivity contribution is -0.137. The van der Waals surface area contributed by atoms with Crippen molar-refractivity contribution in [1.29, 1.82) is 5.26 Å². The van der Waals surface area contributed by atoms with Crippen LogP contribution in [0, 0.1) is 11.3 Å². The molecule has 0 aliphatic rings. The number of aromatic nitrogens is 4. The maximum absolute atomic E-state index is 16.2. The molecule has 4 heterocycles. The molecular formula is C60H36F3N5. The summed E-state index contributed by atoms with van der Waals surface area (Å²) in [5.74, 6) is 0. The minimum absolute atomic E-state index is 0.0365. The molecule has 0 aliphatic carbocycles. The molecule has 0 atom stereocenters. The molecule has 0 spiro atoms. The summed E-state index contributed by atoms with van der Waals surface area (Å²) in [6.07, 6.45) is -1.15. The summed E-state index contributed by atoms with van der Waals surface area (Å²) >= 11 is 0. The number of fused-ring (bicyclic) bond motifs is 6. The van der Waals surface area contributed by atoms with Crippen LogP contribution in [0.25, 0.3) is 111 Å². The van der Waals surface area contributed by atoms with Gasteiger partial charge in [0.05, 0.1) is 62.0 Å². The van der Waals surface area contributed by atoms with Gasteiger partial charge < -0.3 is 9.13 Å². The molecule has 0 fully saturated rings. The Morgan fingerprint density at radius 2 is 0.853 bits per heavy atom. The van der Waals surface area contributed by atoms with E-state index in [2.05, 4.69) is 6.07 Å². The van der Waals surface area contributed by atoms with Gasteiger partial charge in [0.15, 0.2) is 0 Å². The Morgan fingerprint density at radius 1 is 0.382 bits per heavy atom. The monoisotopic (exact) mass is 883 g/mol. The first-order valence-electron chi connectivity index (χ1n) is 22.2. The Kier molecular flexibility index (Phi) is 9.59. The predicted octanol–water partition coefficient (Wildman–Crippen LogP) is 15.9. The fourth-order valence-corrected chi connectivity index (χ4v) is 9.67. The lowest BCUT2D eigenvalue weighted by Gasteiger charge is -2.22. The van der Waals surface area contributed by atoms with E-state index in [0.29, 0.717) is 33.4 Å². The van der Waals surface area contributed by atoms with Crippen LogP contribution in [-0.2, 0) is 6.18 Å². The van der Waals surface area contributed by atoms with Crippen molar-refractivity contribution in [2.24, 2.45) is 0 Å². The lowest BCUT2D eigenvalue weighted by Crippen LogP contribution is -2.13. The molecule has 68 heavy (non-hydrogen) atoms. The second kappa shape index (κ2) is 16.1. The van der Waals surface area contributed by atoms with Gasteiger partial charge in [0.2, 0.25) is 0 Å². The lowest BCUT2D eigenvalue weighted by atomic mass is 9.97. The Labute approximate surface area is 388 Å². The van der Waals surface area contributed by atoms with Crippen molar-refractivity contribution in [2.45, 2.75) is 6.18 Å². The Hall–Kier alpha value is -9.06. The molecule has 8 aromatic carbocycles. The minimum Gasteiger partial charge on any atom is -0.309 e. The molecule has 0 aliphatic heterocycles. The standard InChI is InChI=1S/C60H36F3N5/c61-60(62,63)51-34-58(67-54-20-9-7-18-46(54)48-26-22-41(31-56(48)67)44-24-28-52(65-36-44)39-13-3-1-4-14-39)50(43-17-11-12-38(30-43)35-64)33-59(51)68-55-21-10-8-19-47(55)49-27-23-42(32-57(49)68)45-25-29-53(66-37-45)40-15-5-2-6-16-40/h1-34,36-37H. The molecule has 0 saturated heterocycles. The molecule has 0 radical (unpaired) electrons. The van der Waals surface area contributed by atoms with Crippen LogP contribution in [0.4, 0.5) is 13.2 Å². The zero-order chi connectivity index (χ0) is 45.9. The van der Waals surface area contributed by atoms with E-state index in [1.807, 2.05) is 187 Å². The number of pyridine rings is 2. The molecular weight excluding hydrogens is 848 g/mol. The van der Waals surface area contributed by atoms with Crippen LogP contribution in [0.2, 0.25) is 0 Å². The van der Waals surface area contributed by atoms with Gasteiger partial charge >= 0.3 is 6.18 Å². The van der Waals surface area contributed by atoms with Crippen molar-refractivity contribution >= 4 is 43.6 Å². The quantitative estimate of drug-likeness (QED) is 0.160. The smallest absolute Gasteiger partial charge is 0.309 e. The largest absolute Gasteiger partial charge is 0.418 e. The number of hydrogen-bond donors (Lipinski definition) is 0. The summed E-state index contributed by atoms with van der Waals surface area (Å²) in [7, 11) is 0. The van der Waals surface area contributed by atoms with Crippen molar-refractivity contribution in [3.05, 3.63) is 230 Å². The molecule has 12 rings (SSSR count). The molecule has 5 nitrogen and oxygen atoms in total. The first-order valence-corrected chi connectivity index (χ1v) is 22.2. The Morgan fingerprint density at radius 3 is 1.35 bits per heavy atom. The summed E-state index contributed by atoms with van der Waals surface area (Å²) in [6, 6.07) is 67.4. The van der Waals surface area contributed by atoms with Crippen LogP contribution in [0.5, 0.6) is 0 Å². The number of alkyl halides is 3. The molecule has 4 aromatic heterocycles. The fraction of sp³-hybridized carbons (Fsp3) is 0.0167. The van der Waals surface area contributed by atoms with Gasteiger partial charge in [0.25, 0.3) is 0 Å². The van der Waals surface area contributed by atoms with Crippen LogP contribution in [-0.4, -0.2) is 19.1 Å². The third kappa shape index (κ3) is 6.88. The van der Waals surface area contributed by atoms with Gasteiger partial charge in [-0.25, -0.2) is 0 Å². The number of nitrogens with zero attached hydrogens (tertiary/aromatic N) is 5. The van der Waals surface area contributed by atoms with Crippen molar-refractivity contribution in [1.82, 2.24) is 19.1 Å². The molecule has 0 amide bonds. The van der Waals surface area contributed by atoms with Gasteiger partial charge in [-0.15, -0.1) is 0 Å². The molecule has 8 heteroatoms. The van der Waals surface area contributed by atoms with Gasteiger partial charge in [-0.3, -0.25) is 9.97 Å². The highest BCUT2D eigenvalue weighted by molar-refractivity contribution is 6.12. The molecule has 0 unspecified atom stereocenters. The van der Waals surface area contributed by atoms with E-state index in [9.17, 15) is 5.26 Å². The van der Waals surface area contributed by atoms with Crippen LogP contribution < -0.4 is 0 Å². The maximum atomic E-state index is 16.2. The number of nitriles is 1. The zero-order valence-electron chi connectivity index (χ0n) is 36.2. The Balaban J connectivity index is 1.11. The average molecular weight is 884 g/mol. The summed E-state index contributed by atoms with van der Waals surface area (Å²) in [5.41, 5.74) is 10.7. The first kappa shape index (κ1) is 40.4. The van der Waals surface area contributed by atoms with Crippen LogP contribution in [0.3, 0.4) is 0 Å². The first-order chi connectivity index (χ1) is 33.3. The molecule has 0 bridgehead atoms. The molecule has 12 aromatic rings. The summed E-state index contributed by atoms with van der Waals surface area (Å²) in [4.78, 5) is 9.55. The summed E-state index contributed by atoms with van der Waals surface area (Å²) in [5, 5.41) is 13.5. The Bertz CT molecular complexity index is 3940. The summed E-state index contributed by atoms with van der Waals surface area (Å²) < 4.78 is 52.3. The predicted molar refractivity (Wildman–Crippen MR) is 268 cm³/mol. The topological polar surface area (TPSA) is 59.4 Å². The fourth-order valence-electron chi connectivity index (χ4n) is 9.67. The van der Waals surface area contributed by atoms with E-state index in [0.717, 1.165) is 77.3 Å². The highest BCUT2D eigenvalue weighted by atomic mass is 19.4.